The van der Waals surface area contributed by atoms with Crippen LogP contribution in [-0.2, 0) is 4.79 Å². The molecule has 1 N–H and O–H groups in total. The molecule has 0 aliphatic heterocycles. The van der Waals surface area contributed by atoms with Gasteiger partial charge in [-0.3, -0.25) is 4.79 Å². The second-order valence-corrected chi connectivity index (χ2v) is 6.63. The van der Waals surface area contributed by atoms with E-state index in [4.69, 9.17) is 0 Å². The Morgan fingerprint density at radius 3 is 2.12 bits per heavy atom. The summed E-state index contributed by atoms with van der Waals surface area (Å²) in [6, 6.07) is 0. The summed E-state index contributed by atoms with van der Waals surface area (Å²) in [4.78, 5) is 11.5. The van der Waals surface area contributed by atoms with E-state index in [1.165, 1.54) is 0 Å². The summed E-state index contributed by atoms with van der Waals surface area (Å²) >= 11 is 0. The molecule has 2 nitrogen and oxygen atoms in total. The van der Waals surface area contributed by atoms with Crippen molar-refractivity contribution in [3.8, 4) is 0 Å². The van der Waals surface area contributed by atoms with Gasteiger partial charge in [0.15, 0.2) is 0 Å². The third-order valence-corrected chi connectivity index (χ3v) is 2.14. The van der Waals surface area contributed by atoms with Crippen molar-refractivity contribution in [2.75, 3.05) is 6.54 Å². The maximum absolute atomic E-state index is 11.5. The Labute approximate surface area is 101 Å². The predicted octanol–water partition coefficient (Wildman–Crippen LogP) is 3.53. The van der Waals surface area contributed by atoms with Gasteiger partial charge in [0.1, 0.15) is 0 Å². The van der Waals surface area contributed by atoms with Crippen molar-refractivity contribution >= 4 is 5.91 Å². The van der Waals surface area contributed by atoms with Crippen LogP contribution >= 0.6 is 0 Å². The number of nitrogens with one attached hydrogen (secondary N) is 1. The molecule has 16 heavy (non-hydrogen) atoms. The van der Waals surface area contributed by atoms with E-state index in [0.717, 1.165) is 6.42 Å². The van der Waals surface area contributed by atoms with Crippen molar-refractivity contribution in [3.05, 3.63) is 12.2 Å². The fraction of sp³-hybridized carbons (Fsp3) is 0.786. The number of hydrogen-bond donors (Lipinski definition) is 1. The Balaban J connectivity index is 3.72. The SMILES string of the molecule is CC(C)(C)C=CCNC(=O)CCC(C)(C)C. The Hall–Kier alpha value is -0.790. The summed E-state index contributed by atoms with van der Waals surface area (Å²) in [5.41, 5.74) is 0.425. The molecule has 0 bridgehead atoms. The van der Waals surface area contributed by atoms with Gasteiger partial charge in [0.2, 0.25) is 5.91 Å². The van der Waals surface area contributed by atoms with Crippen molar-refractivity contribution in [1.29, 1.82) is 0 Å². The minimum Gasteiger partial charge on any atom is -0.353 e. The van der Waals surface area contributed by atoms with E-state index in [-0.39, 0.29) is 16.7 Å². The van der Waals surface area contributed by atoms with Gasteiger partial charge < -0.3 is 5.32 Å². The molecule has 94 valence electrons. The minimum absolute atomic E-state index is 0.147. The summed E-state index contributed by atoms with van der Waals surface area (Å²) in [6.45, 7) is 13.5. The van der Waals surface area contributed by atoms with E-state index in [1.54, 1.807) is 0 Å². The van der Waals surface area contributed by atoms with Gasteiger partial charge in [-0.15, -0.1) is 0 Å². The van der Waals surface area contributed by atoms with Crippen LogP contribution in [0.4, 0.5) is 0 Å². The zero-order valence-corrected chi connectivity index (χ0v) is 11.7. The lowest BCUT2D eigenvalue weighted by Gasteiger charge is -2.17. The standard InChI is InChI=1S/C14H27NO/c1-13(2,3)9-7-11-15-12(16)8-10-14(4,5)6/h7,9H,8,10-11H2,1-6H3,(H,15,16). The van der Waals surface area contributed by atoms with Gasteiger partial charge >= 0.3 is 0 Å². The van der Waals surface area contributed by atoms with Crippen LogP contribution in [0, 0.1) is 10.8 Å². The normalized spacial score (nSPS) is 13.1. The number of amides is 1. The Morgan fingerprint density at radius 1 is 1.12 bits per heavy atom. The first-order chi connectivity index (χ1) is 7.10. The van der Waals surface area contributed by atoms with E-state index in [9.17, 15) is 4.79 Å². The molecule has 2 heteroatoms. The maximum atomic E-state index is 11.5. The van der Waals surface area contributed by atoms with Crippen LogP contribution in [0.3, 0.4) is 0 Å². The molecule has 0 heterocycles. The Bertz CT molecular complexity index is 240. The van der Waals surface area contributed by atoms with Crippen LogP contribution in [0.5, 0.6) is 0 Å². The van der Waals surface area contributed by atoms with Gasteiger partial charge in [-0.25, -0.2) is 0 Å². The van der Waals surface area contributed by atoms with Crippen molar-refractivity contribution in [1.82, 2.24) is 5.32 Å². The molecule has 0 rings (SSSR count). The van der Waals surface area contributed by atoms with Crippen molar-refractivity contribution in [2.45, 2.75) is 54.4 Å². The first kappa shape index (κ1) is 15.2. The zero-order chi connectivity index (χ0) is 12.8. The van der Waals surface area contributed by atoms with E-state index >= 15 is 0 Å². The van der Waals surface area contributed by atoms with Gasteiger partial charge in [0, 0.05) is 13.0 Å². The van der Waals surface area contributed by atoms with Crippen molar-refractivity contribution < 1.29 is 4.79 Å². The molecule has 0 aromatic heterocycles. The fourth-order valence-electron chi connectivity index (χ4n) is 1.16. The molecule has 0 aromatic carbocycles. The van der Waals surface area contributed by atoms with Crippen LogP contribution in [0.2, 0.25) is 0 Å². The number of allylic oxidation sites excluding steroid dienone is 1. The second kappa shape index (κ2) is 6.07. The molecule has 0 radical (unpaired) electrons. The van der Waals surface area contributed by atoms with Gasteiger partial charge in [0.25, 0.3) is 0 Å². The van der Waals surface area contributed by atoms with Crippen LogP contribution in [0.25, 0.3) is 0 Å². The summed E-state index contributed by atoms with van der Waals surface area (Å²) < 4.78 is 0. The molecule has 1 amide bonds. The number of carbonyl (C=O) groups excluding carboxylic acids is 1. The van der Waals surface area contributed by atoms with E-state index < -0.39 is 0 Å². The smallest absolute Gasteiger partial charge is 0.220 e. The molecule has 0 aliphatic carbocycles. The van der Waals surface area contributed by atoms with Gasteiger partial charge in [0.05, 0.1) is 0 Å². The van der Waals surface area contributed by atoms with E-state index in [1.807, 2.05) is 6.08 Å². The average Bonchev–Trinajstić information content (AvgIpc) is 2.06. The predicted molar refractivity (Wildman–Crippen MR) is 70.3 cm³/mol. The Kier molecular flexibility index (Phi) is 5.77. The zero-order valence-electron chi connectivity index (χ0n) is 11.7. The van der Waals surface area contributed by atoms with Crippen molar-refractivity contribution in [3.63, 3.8) is 0 Å². The number of rotatable bonds is 4. The molecule has 0 aromatic rings. The summed E-state index contributed by atoms with van der Waals surface area (Å²) in [5.74, 6) is 0.147. The number of carbonyl (C=O) groups is 1. The van der Waals surface area contributed by atoms with Crippen LogP contribution in [0.15, 0.2) is 12.2 Å². The molecule has 0 fully saturated rings. The Morgan fingerprint density at radius 2 is 1.69 bits per heavy atom. The monoisotopic (exact) mass is 225 g/mol. The third-order valence-electron chi connectivity index (χ3n) is 2.14. The van der Waals surface area contributed by atoms with E-state index in [2.05, 4.69) is 52.9 Å². The first-order valence-electron chi connectivity index (χ1n) is 6.05. The highest BCUT2D eigenvalue weighted by molar-refractivity contribution is 5.76. The van der Waals surface area contributed by atoms with Crippen molar-refractivity contribution in [2.24, 2.45) is 10.8 Å². The quantitative estimate of drug-likeness (QED) is 0.729. The molecule has 0 unspecified atom stereocenters. The summed E-state index contributed by atoms with van der Waals surface area (Å²) in [7, 11) is 0. The molecule has 0 saturated heterocycles. The molecular weight excluding hydrogens is 198 g/mol. The highest BCUT2D eigenvalue weighted by Crippen LogP contribution is 2.20. The molecule has 0 atom stereocenters. The molecule has 0 aliphatic rings. The van der Waals surface area contributed by atoms with Gasteiger partial charge in [-0.1, -0.05) is 53.7 Å². The van der Waals surface area contributed by atoms with Crippen LogP contribution < -0.4 is 5.32 Å². The van der Waals surface area contributed by atoms with E-state index in [0.29, 0.717) is 13.0 Å². The van der Waals surface area contributed by atoms with Gasteiger partial charge in [-0.2, -0.15) is 0 Å². The lowest BCUT2D eigenvalue weighted by molar-refractivity contribution is -0.121. The molecular formula is C14H27NO. The second-order valence-electron chi connectivity index (χ2n) is 6.63. The van der Waals surface area contributed by atoms with Gasteiger partial charge in [-0.05, 0) is 17.3 Å². The summed E-state index contributed by atoms with van der Waals surface area (Å²) in [6.07, 6.45) is 5.70. The third kappa shape index (κ3) is 11.3. The lowest BCUT2D eigenvalue weighted by Crippen LogP contribution is -2.24. The largest absolute Gasteiger partial charge is 0.353 e. The lowest BCUT2D eigenvalue weighted by atomic mass is 9.90. The minimum atomic E-state index is 0.147. The molecule has 0 spiro atoms. The summed E-state index contributed by atoms with van der Waals surface area (Å²) in [5, 5.41) is 2.90. The highest BCUT2D eigenvalue weighted by Gasteiger charge is 2.12. The van der Waals surface area contributed by atoms with Crippen LogP contribution in [-0.4, -0.2) is 12.5 Å². The maximum Gasteiger partial charge on any atom is 0.220 e. The average molecular weight is 225 g/mol. The molecule has 0 saturated carbocycles. The topological polar surface area (TPSA) is 29.1 Å². The van der Waals surface area contributed by atoms with Crippen LogP contribution in [0.1, 0.15) is 54.4 Å². The fourth-order valence-corrected chi connectivity index (χ4v) is 1.16. The first-order valence-corrected chi connectivity index (χ1v) is 6.05. The highest BCUT2D eigenvalue weighted by atomic mass is 16.1. The number of hydrogen-bond acceptors (Lipinski definition) is 1.